The van der Waals surface area contributed by atoms with Gasteiger partial charge in [0.1, 0.15) is 5.76 Å². The van der Waals surface area contributed by atoms with Crippen molar-refractivity contribution in [3.63, 3.8) is 0 Å². The van der Waals surface area contributed by atoms with E-state index >= 15 is 0 Å². The summed E-state index contributed by atoms with van der Waals surface area (Å²) in [7, 11) is 0. The average molecular weight is 222 g/mol. The van der Waals surface area contributed by atoms with Crippen molar-refractivity contribution in [2.45, 2.75) is 6.42 Å². The zero-order valence-electron chi connectivity index (χ0n) is 8.24. The first-order chi connectivity index (χ1) is 7.31. The highest BCUT2D eigenvalue weighted by Gasteiger charge is 2.07. The summed E-state index contributed by atoms with van der Waals surface area (Å²) in [5, 5.41) is 0.727. The summed E-state index contributed by atoms with van der Waals surface area (Å²) in [5.74, 6) is 0.886. The summed E-state index contributed by atoms with van der Waals surface area (Å²) < 4.78 is 5.44. The molecule has 0 unspecified atom stereocenters. The van der Waals surface area contributed by atoms with Crippen LogP contribution in [0.15, 0.2) is 41.0 Å². The summed E-state index contributed by atoms with van der Waals surface area (Å²) in [4.78, 5) is 0. The summed E-state index contributed by atoms with van der Waals surface area (Å²) in [6.07, 6.45) is 2.52. The molecule has 0 aliphatic rings. The fourth-order valence-electron chi connectivity index (χ4n) is 1.54. The van der Waals surface area contributed by atoms with E-state index in [1.807, 2.05) is 30.3 Å². The Morgan fingerprint density at radius 1 is 1.13 bits per heavy atom. The van der Waals surface area contributed by atoms with Crippen molar-refractivity contribution < 1.29 is 4.42 Å². The van der Waals surface area contributed by atoms with Crippen LogP contribution in [0.4, 0.5) is 0 Å². The molecule has 0 saturated carbocycles. The molecule has 0 atom stereocenters. The molecule has 3 heteroatoms. The lowest BCUT2D eigenvalue weighted by molar-refractivity contribution is 0.579. The van der Waals surface area contributed by atoms with Gasteiger partial charge >= 0.3 is 0 Å². The molecule has 78 valence electrons. The number of halogens is 1. The predicted octanol–water partition coefficient (Wildman–Crippen LogP) is 3.10. The molecule has 15 heavy (non-hydrogen) atoms. The zero-order chi connectivity index (χ0) is 10.7. The summed E-state index contributed by atoms with van der Waals surface area (Å²) in [6.45, 7) is 0.625. The SMILES string of the molecule is NCCc1ccoc1-c1ccc(Cl)cc1. The largest absolute Gasteiger partial charge is 0.464 e. The van der Waals surface area contributed by atoms with Gasteiger partial charge in [-0.2, -0.15) is 0 Å². The smallest absolute Gasteiger partial charge is 0.137 e. The fraction of sp³-hybridized carbons (Fsp3) is 0.167. The molecule has 0 aliphatic heterocycles. The molecule has 1 heterocycles. The zero-order valence-corrected chi connectivity index (χ0v) is 9.00. The molecule has 2 nitrogen and oxygen atoms in total. The first-order valence-electron chi connectivity index (χ1n) is 4.83. The molecule has 0 aliphatic carbocycles. The normalized spacial score (nSPS) is 10.5. The van der Waals surface area contributed by atoms with Gasteiger partial charge in [0, 0.05) is 10.6 Å². The van der Waals surface area contributed by atoms with Gasteiger partial charge in [0.15, 0.2) is 0 Å². The molecule has 1 aromatic heterocycles. The third-order valence-electron chi connectivity index (χ3n) is 2.27. The summed E-state index contributed by atoms with van der Waals surface area (Å²) in [6, 6.07) is 9.55. The monoisotopic (exact) mass is 221 g/mol. The Morgan fingerprint density at radius 3 is 2.53 bits per heavy atom. The van der Waals surface area contributed by atoms with Gasteiger partial charge in [0.25, 0.3) is 0 Å². The van der Waals surface area contributed by atoms with Gasteiger partial charge in [-0.05, 0) is 48.9 Å². The van der Waals surface area contributed by atoms with Crippen LogP contribution in [0.5, 0.6) is 0 Å². The molecule has 0 spiro atoms. The Labute approximate surface area is 93.7 Å². The van der Waals surface area contributed by atoms with Crippen molar-refractivity contribution in [2.24, 2.45) is 5.73 Å². The van der Waals surface area contributed by atoms with E-state index in [4.69, 9.17) is 21.8 Å². The van der Waals surface area contributed by atoms with Gasteiger partial charge in [-0.15, -0.1) is 0 Å². The molecular weight excluding hydrogens is 210 g/mol. The van der Waals surface area contributed by atoms with Gasteiger partial charge in [0.2, 0.25) is 0 Å². The lowest BCUT2D eigenvalue weighted by Gasteiger charge is -2.01. The van der Waals surface area contributed by atoms with Crippen LogP contribution in [0, 0.1) is 0 Å². The van der Waals surface area contributed by atoms with Crippen molar-refractivity contribution in [3.05, 3.63) is 47.2 Å². The van der Waals surface area contributed by atoms with Gasteiger partial charge < -0.3 is 10.2 Å². The van der Waals surface area contributed by atoms with Crippen LogP contribution in [0.3, 0.4) is 0 Å². The third-order valence-corrected chi connectivity index (χ3v) is 2.52. The van der Waals surface area contributed by atoms with Crippen LogP contribution in [-0.2, 0) is 6.42 Å². The van der Waals surface area contributed by atoms with Crippen LogP contribution >= 0.6 is 11.6 Å². The van der Waals surface area contributed by atoms with E-state index in [9.17, 15) is 0 Å². The number of rotatable bonds is 3. The van der Waals surface area contributed by atoms with Crippen molar-refractivity contribution in [3.8, 4) is 11.3 Å². The Kier molecular flexibility index (Phi) is 3.09. The molecular formula is C12H12ClNO. The van der Waals surface area contributed by atoms with E-state index in [1.165, 1.54) is 0 Å². The summed E-state index contributed by atoms with van der Waals surface area (Å²) in [5.41, 5.74) is 7.70. The first-order valence-corrected chi connectivity index (χ1v) is 5.21. The van der Waals surface area contributed by atoms with Gasteiger partial charge in [-0.1, -0.05) is 11.6 Å². The van der Waals surface area contributed by atoms with E-state index in [2.05, 4.69) is 0 Å². The first kappa shape index (κ1) is 10.3. The average Bonchev–Trinajstić information content (AvgIpc) is 2.68. The second-order valence-corrected chi connectivity index (χ2v) is 3.76. The van der Waals surface area contributed by atoms with Crippen molar-refractivity contribution in [1.82, 2.24) is 0 Å². The minimum atomic E-state index is 0.625. The molecule has 2 aromatic rings. The number of hydrogen-bond acceptors (Lipinski definition) is 2. The Hall–Kier alpha value is -1.25. The Bertz CT molecular complexity index is 433. The third kappa shape index (κ3) is 2.22. The Morgan fingerprint density at radius 2 is 1.87 bits per heavy atom. The van der Waals surface area contributed by atoms with Crippen LogP contribution in [0.25, 0.3) is 11.3 Å². The van der Waals surface area contributed by atoms with E-state index < -0.39 is 0 Å². The van der Waals surface area contributed by atoms with Crippen molar-refractivity contribution >= 4 is 11.6 Å². The number of hydrogen-bond donors (Lipinski definition) is 1. The van der Waals surface area contributed by atoms with Crippen LogP contribution in [-0.4, -0.2) is 6.54 Å². The number of furan rings is 1. The van der Waals surface area contributed by atoms with Crippen molar-refractivity contribution in [2.75, 3.05) is 6.54 Å². The van der Waals surface area contributed by atoms with E-state index in [-0.39, 0.29) is 0 Å². The van der Waals surface area contributed by atoms with E-state index in [1.54, 1.807) is 6.26 Å². The molecule has 1 aromatic carbocycles. The highest BCUT2D eigenvalue weighted by atomic mass is 35.5. The summed E-state index contributed by atoms with van der Waals surface area (Å²) >= 11 is 5.82. The Balaban J connectivity index is 2.36. The topological polar surface area (TPSA) is 39.2 Å². The maximum Gasteiger partial charge on any atom is 0.137 e. The highest BCUT2D eigenvalue weighted by Crippen LogP contribution is 2.26. The molecule has 2 N–H and O–H groups in total. The molecule has 0 amide bonds. The van der Waals surface area contributed by atoms with Gasteiger partial charge in [-0.3, -0.25) is 0 Å². The van der Waals surface area contributed by atoms with Crippen molar-refractivity contribution in [1.29, 1.82) is 0 Å². The van der Waals surface area contributed by atoms with E-state index in [0.717, 1.165) is 28.3 Å². The van der Waals surface area contributed by atoms with Crippen LogP contribution in [0.2, 0.25) is 5.02 Å². The second-order valence-electron chi connectivity index (χ2n) is 3.32. The maximum atomic E-state index is 5.82. The van der Waals surface area contributed by atoms with Crippen LogP contribution in [0.1, 0.15) is 5.56 Å². The quantitative estimate of drug-likeness (QED) is 0.865. The standard InChI is InChI=1S/C12H12ClNO/c13-11-3-1-9(2-4-11)12-10(5-7-14)6-8-15-12/h1-4,6,8H,5,7,14H2. The number of benzene rings is 1. The molecule has 0 bridgehead atoms. The minimum Gasteiger partial charge on any atom is -0.464 e. The molecule has 2 rings (SSSR count). The molecule has 0 saturated heterocycles. The van der Waals surface area contributed by atoms with Crippen LogP contribution < -0.4 is 5.73 Å². The minimum absolute atomic E-state index is 0.625. The molecule has 0 fully saturated rings. The fourth-order valence-corrected chi connectivity index (χ4v) is 1.67. The van der Waals surface area contributed by atoms with E-state index in [0.29, 0.717) is 6.54 Å². The maximum absolute atomic E-state index is 5.82. The van der Waals surface area contributed by atoms with Gasteiger partial charge in [0.05, 0.1) is 6.26 Å². The van der Waals surface area contributed by atoms with Gasteiger partial charge in [-0.25, -0.2) is 0 Å². The second kappa shape index (κ2) is 4.51. The molecule has 0 radical (unpaired) electrons. The highest BCUT2D eigenvalue weighted by molar-refractivity contribution is 6.30. The number of nitrogens with two attached hydrogens (primary N) is 1. The lowest BCUT2D eigenvalue weighted by atomic mass is 10.1. The lowest BCUT2D eigenvalue weighted by Crippen LogP contribution is -2.02. The predicted molar refractivity (Wildman–Crippen MR) is 61.9 cm³/mol.